The molecule has 5 aliphatic rings. The van der Waals surface area contributed by atoms with E-state index >= 15 is 0 Å². The van der Waals surface area contributed by atoms with Crippen LogP contribution in [-0.2, 0) is 38.1 Å². The molecule has 1 aromatic rings. The van der Waals surface area contributed by atoms with Crippen molar-refractivity contribution in [3.05, 3.63) is 83.0 Å². The van der Waals surface area contributed by atoms with Gasteiger partial charge in [-0.1, -0.05) is 86.6 Å². The van der Waals surface area contributed by atoms with Crippen molar-refractivity contribution in [1.82, 2.24) is 0 Å². The Morgan fingerprint density at radius 1 is 1.10 bits per heavy atom. The predicted molar refractivity (Wildman–Crippen MR) is 193 cm³/mol. The maximum atomic E-state index is 14.1. The smallest absolute Gasteiger partial charge is 0.361 e. The van der Waals surface area contributed by atoms with Crippen molar-refractivity contribution in [2.45, 2.75) is 121 Å². The van der Waals surface area contributed by atoms with Gasteiger partial charge in [-0.15, -0.1) is 0 Å². The molecule has 1 aliphatic carbocycles. The van der Waals surface area contributed by atoms with Gasteiger partial charge in [-0.2, -0.15) is 0 Å². The second kappa shape index (κ2) is 15.8. The number of carbonyl (C=O) groups is 2. The second-order valence-corrected chi connectivity index (χ2v) is 15.1. The Balaban J connectivity index is 1.39. The van der Waals surface area contributed by atoms with Gasteiger partial charge in [0.1, 0.15) is 43.0 Å². The topological polar surface area (TPSA) is 142 Å². The minimum atomic E-state index is -1.84. The number of hydrogen-bond acceptors (Lipinski definition) is 11. The van der Waals surface area contributed by atoms with Gasteiger partial charge in [0.25, 0.3) is 0 Å². The maximum Gasteiger partial charge on any atom is 0.361 e. The third-order valence-corrected chi connectivity index (χ3v) is 11.4. The first-order valence-electron chi connectivity index (χ1n) is 18.6. The summed E-state index contributed by atoms with van der Waals surface area (Å²) in [5.74, 6) is -3.24. The molecule has 4 heterocycles. The van der Waals surface area contributed by atoms with Gasteiger partial charge in [-0.05, 0) is 55.7 Å². The number of aliphatic hydroxyl groups is 2. The number of allylic oxidation sites excluding steroid dienone is 2. The van der Waals surface area contributed by atoms with Gasteiger partial charge in [0.05, 0.1) is 18.8 Å². The number of rotatable bonds is 5. The first-order chi connectivity index (χ1) is 24.9. The summed E-state index contributed by atoms with van der Waals surface area (Å²) in [5.41, 5.74) is 0.535. The molecule has 0 radical (unpaired) electrons. The summed E-state index contributed by atoms with van der Waals surface area (Å²) < 4.78 is 32.0. The van der Waals surface area contributed by atoms with E-state index in [1.165, 1.54) is 7.11 Å². The highest BCUT2D eigenvalue weighted by Crippen LogP contribution is 2.47. The zero-order chi connectivity index (χ0) is 37.2. The number of hydrogen-bond donors (Lipinski definition) is 2. The van der Waals surface area contributed by atoms with Crippen molar-refractivity contribution in [2.24, 2.45) is 22.9 Å². The molecule has 4 aliphatic heterocycles. The Kier molecular flexibility index (Phi) is 11.6. The first kappa shape index (κ1) is 38.1. The van der Waals surface area contributed by atoms with Crippen molar-refractivity contribution in [1.29, 1.82) is 0 Å². The van der Waals surface area contributed by atoms with Crippen LogP contribution in [0.4, 0.5) is 0 Å². The lowest BCUT2D eigenvalue weighted by Crippen LogP contribution is -2.58. The fraction of sp³-hybridized carbons (Fsp3) is 0.585. The SMILES string of the molecule is CC[C@H]1OC2(CC[C@@H]1C)C[C@@H]1C[C@@H](C/C=C(\C)[C@H](OC(=O)/C(=N\OC)c3ccccc3)[C@@H](C)/C=C/C=C3\CO[C@@H]4[C@H](O)C(C)=C[C@@H](C(=O)O1)[C@]34O)O2. The Labute approximate surface area is 306 Å². The Morgan fingerprint density at radius 3 is 2.60 bits per heavy atom. The minimum Gasteiger partial charge on any atom is -0.462 e. The largest absolute Gasteiger partial charge is 0.462 e. The number of ether oxygens (including phenoxy) is 5. The monoisotopic (exact) mass is 719 g/mol. The van der Waals surface area contributed by atoms with Gasteiger partial charge in [0.2, 0.25) is 0 Å². The lowest BCUT2D eigenvalue weighted by atomic mass is 9.71. The Hall–Kier alpha value is -3.61. The van der Waals surface area contributed by atoms with Crippen molar-refractivity contribution in [2.75, 3.05) is 13.7 Å². The molecular formula is C41H53NO10. The quantitative estimate of drug-likeness (QED) is 0.174. The van der Waals surface area contributed by atoms with E-state index in [0.29, 0.717) is 48.3 Å². The summed E-state index contributed by atoms with van der Waals surface area (Å²) in [4.78, 5) is 32.9. The van der Waals surface area contributed by atoms with E-state index in [9.17, 15) is 19.8 Å². The predicted octanol–water partition coefficient (Wildman–Crippen LogP) is 5.50. The number of aliphatic hydroxyl groups excluding tert-OH is 1. The highest BCUT2D eigenvalue weighted by molar-refractivity contribution is 6.43. The average molecular weight is 720 g/mol. The Bertz CT molecular complexity index is 1630. The van der Waals surface area contributed by atoms with Gasteiger partial charge >= 0.3 is 11.9 Å². The number of carbonyl (C=O) groups excluding carboxylic acids is 2. The van der Waals surface area contributed by atoms with E-state index in [1.54, 1.807) is 37.3 Å². The highest BCUT2D eigenvalue weighted by Gasteiger charge is 2.60. The molecule has 0 aromatic heterocycles. The number of esters is 2. The third-order valence-electron chi connectivity index (χ3n) is 11.4. The standard InChI is InChI=1S/C41H53NO10/c1-7-33-24(2)18-19-40(52-33)22-31-21-30(51-40)17-16-26(4)36(50-39(45)34(42-47-6)28-13-9-8-10-14-28)25(3)12-11-15-29-23-48-37-35(43)27(5)20-32(38(44)49-31)41(29,37)46/h8-16,20,24-25,30-33,35-37,43,46H,7,17-19,21-23H2,1-6H3/b12-11+,26-16+,29-15+,42-34-/t24-,25-,30+,31-,32-,33+,35+,36+,37+,40?,41+/m0/s1. The molecule has 3 saturated heterocycles. The molecule has 1 unspecified atom stereocenters. The van der Waals surface area contributed by atoms with Crippen molar-refractivity contribution >= 4 is 17.7 Å². The molecule has 52 heavy (non-hydrogen) atoms. The van der Waals surface area contributed by atoms with Gasteiger partial charge in [-0.3, -0.25) is 4.79 Å². The van der Waals surface area contributed by atoms with Crippen molar-refractivity contribution < 1.29 is 48.3 Å². The lowest BCUT2D eigenvalue weighted by molar-refractivity contribution is -0.335. The summed E-state index contributed by atoms with van der Waals surface area (Å²) in [5, 5.41) is 27.4. The Morgan fingerprint density at radius 2 is 1.87 bits per heavy atom. The summed E-state index contributed by atoms with van der Waals surface area (Å²) in [7, 11) is 1.38. The van der Waals surface area contributed by atoms with E-state index < -0.39 is 53.7 Å². The molecule has 282 valence electrons. The normalized spacial score (nSPS) is 41.0. The van der Waals surface area contributed by atoms with Crippen molar-refractivity contribution in [3.8, 4) is 0 Å². The van der Waals surface area contributed by atoms with E-state index in [-0.39, 0.29) is 30.4 Å². The second-order valence-electron chi connectivity index (χ2n) is 15.1. The molecule has 0 saturated carbocycles. The van der Waals surface area contributed by atoms with Crippen LogP contribution in [0.2, 0.25) is 0 Å². The molecule has 1 aromatic carbocycles. The summed E-state index contributed by atoms with van der Waals surface area (Å²) in [6, 6.07) is 9.00. The molecule has 6 rings (SSSR count). The zero-order valence-electron chi connectivity index (χ0n) is 31.0. The molecule has 2 bridgehead atoms. The molecule has 11 heteroatoms. The fourth-order valence-electron chi connectivity index (χ4n) is 8.43. The third kappa shape index (κ3) is 7.57. The molecule has 1 spiro atoms. The summed E-state index contributed by atoms with van der Waals surface area (Å²) in [6.07, 6.45) is 8.81. The average Bonchev–Trinajstić information content (AvgIpc) is 3.47. The van der Waals surface area contributed by atoms with Crippen LogP contribution >= 0.6 is 0 Å². The number of fused-ring (bicyclic) bond motifs is 2. The molecule has 11 nitrogen and oxygen atoms in total. The van der Waals surface area contributed by atoms with E-state index in [4.69, 9.17) is 28.5 Å². The molecular weight excluding hydrogens is 666 g/mol. The summed E-state index contributed by atoms with van der Waals surface area (Å²) >= 11 is 0. The van der Waals surface area contributed by atoms with Crippen LogP contribution in [0.1, 0.15) is 78.7 Å². The van der Waals surface area contributed by atoms with Gasteiger partial charge < -0.3 is 38.7 Å². The number of nitrogens with zero attached hydrogens (tertiary/aromatic N) is 1. The van der Waals surface area contributed by atoms with Crippen LogP contribution in [0.5, 0.6) is 0 Å². The van der Waals surface area contributed by atoms with E-state index in [2.05, 4.69) is 19.0 Å². The number of oxime groups is 1. The van der Waals surface area contributed by atoms with Crippen LogP contribution in [0.25, 0.3) is 0 Å². The van der Waals surface area contributed by atoms with Crippen LogP contribution < -0.4 is 0 Å². The molecule has 0 amide bonds. The van der Waals surface area contributed by atoms with Crippen LogP contribution in [0, 0.1) is 17.8 Å². The van der Waals surface area contributed by atoms with Crippen LogP contribution in [0.3, 0.4) is 0 Å². The molecule has 11 atom stereocenters. The maximum absolute atomic E-state index is 14.1. The molecule has 2 N–H and O–H groups in total. The fourth-order valence-corrected chi connectivity index (χ4v) is 8.43. The molecule has 3 fully saturated rings. The highest BCUT2D eigenvalue weighted by atomic mass is 16.7. The van der Waals surface area contributed by atoms with Crippen LogP contribution in [0.15, 0.2) is 82.6 Å². The minimum absolute atomic E-state index is 0.00166. The van der Waals surface area contributed by atoms with E-state index in [1.807, 2.05) is 44.2 Å². The first-order valence-corrected chi connectivity index (χ1v) is 18.6. The van der Waals surface area contributed by atoms with Gasteiger partial charge in [0, 0.05) is 30.7 Å². The lowest BCUT2D eigenvalue weighted by Gasteiger charge is -2.50. The van der Waals surface area contributed by atoms with Gasteiger partial charge in [-0.25, -0.2) is 4.79 Å². The number of benzene rings is 1. The van der Waals surface area contributed by atoms with E-state index in [0.717, 1.165) is 18.4 Å². The van der Waals surface area contributed by atoms with Gasteiger partial charge in [0.15, 0.2) is 11.5 Å². The van der Waals surface area contributed by atoms with Crippen LogP contribution in [-0.4, -0.2) is 89.6 Å². The van der Waals surface area contributed by atoms with Crippen molar-refractivity contribution in [3.63, 3.8) is 0 Å². The zero-order valence-corrected chi connectivity index (χ0v) is 31.0. The summed E-state index contributed by atoms with van der Waals surface area (Å²) in [6.45, 7) is 9.88.